The average Bonchev–Trinajstić information content (AvgIpc) is 2.37. The zero-order valence-electron chi connectivity index (χ0n) is 11.7. The summed E-state index contributed by atoms with van der Waals surface area (Å²) in [4.78, 5) is 26.0. The smallest absolute Gasteiger partial charge is 0.334 e. The van der Waals surface area contributed by atoms with Crippen molar-refractivity contribution in [3.63, 3.8) is 0 Å². The third kappa shape index (κ3) is 5.04. The van der Waals surface area contributed by atoms with Crippen LogP contribution in [0.15, 0.2) is 0 Å². The highest BCUT2D eigenvalue weighted by Crippen LogP contribution is 2.08. The van der Waals surface area contributed by atoms with Gasteiger partial charge in [0.2, 0.25) is 0 Å². The highest BCUT2D eigenvalue weighted by atomic mass is 16.5. The van der Waals surface area contributed by atoms with Gasteiger partial charge in [-0.05, 0) is 13.8 Å². The van der Waals surface area contributed by atoms with Gasteiger partial charge in [-0.3, -0.25) is 0 Å². The molecule has 1 fully saturated rings. The Morgan fingerprint density at radius 2 is 2.21 bits per heavy atom. The van der Waals surface area contributed by atoms with Crippen molar-refractivity contribution >= 4 is 12.0 Å². The number of carboxylic acids is 1. The van der Waals surface area contributed by atoms with Crippen molar-refractivity contribution in [3.8, 4) is 0 Å². The third-order valence-corrected chi connectivity index (χ3v) is 2.82. The van der Waals surface area contributed by atoms with Crippen LogP contribution in [-0.4, -0.2) is 79.0 Å². The van der Waals surface area contributed by atoms with Crippen LogP contribution >= 0.6 is 0 Å². The Bertz CT molecular complexity index is 321. The fourth-order valence-electron chi connectivity index (χ4n) is 1.73. The van der Waals surface area contributed by atoms with Gasteiger partial charge in [0.25, 0.3) is 0 Å². The van der Waals surface area contributed by atoms with Crippen LogP contribution in [0.4, 0.5) is 4.79 Å². The van der Waals surface area contributed by atoms with Crippen molar-refractivity contribution in [2.45, 2.75) is 26.1 Å². The number of urea groups is 1. The zero-order chi connectivity index (χ0) is 14.4. The van der Waals surface area contributed by atoms with Gasteiger partial charge in [0.05, 0.1) is 25.9 Å². The quantitative estimate of drug-likeness (QED) is 0.777. The standard InChI is InChI=1S/C12H22N2O5/c1-9(2)18-6-4-13(3)12(17)14-5-7-19-10(8-14)11(15)16/h9-10H,4-8H2,1-3H3,(H,15,16). The highest BCUT2D eigenvalue weighted by molar-refractivity contribution is 5.77. The van der Waals surface area contributed by atoms with Crippen molar-refractivity contribution in [2.24, 2.45) is 0 Å². The predicted octanol–water partition coefficient (Wildman–Crippen LogP) is 0.249. The van der Waals surface area contributed by atoms with E-state index in [9.17, 15) is 9.59 Å². The normalized spacial score (nSPS) is 19.6. The molecule has 7 nitrogen and oxygen atoms in total. The maximum atomic E-state index is 12.1. The Morgan fingerprint density at radius 3 is 2.79 bits per heavy atom. The maximum Gasteiger partial charge on any atom is 0.334 e. The highest BCUT2D eigenvalue weighted by Gasteiger charge is 2.30. The first-order valence-electron chi connectivity index (χ1n) is 6.38. The van der Waals surface area contributed by atoms with Crippen molar-refractivity contribution in [3.05, 3.63) is 0 Å². The Labute approximate surface area is 113 Å². The minimum atomic E-state index is -1.04. The van der Waals surface area contributed by atoms with E-state index >= 15 is 0 Å². The number of carboxylic acid groups (broad SMARTS) is 1. The molecule has 0 spiro atoms. The molecule has 1 saturated heterocycles. The van der Waals surface area contributed by atoms with E-state index in [4.69, 9.17) is 14.6 Å². The topological polar surface area (TPSA) is 79.3 Å². The average molecular weight is 274 g/mol. The van der Waals surface area contributed by atoms with E-state index in [0.717, 1.165) is 0 Å². The lowest BCUT2D eigenvalue weighted by molar-refractivity contribution is -0.154. The van der Waals surface area contributed by atoms with Crippen molar-refractivity contribution in [2.75, 3.05) is 39.9 Å². The lowest BCUT2D eigenvalue weighted by atomic mass is 10.3. The second-order valence-corrected chi connectivity index (χ2v) is 4.77. The summed E-state index contributed by atoms with van der Waals surface area (Å²) in [6, 6.07) is -0.193. The van der Waals surface area contributed by atoms with Crippen LogP contribution in [0.1, 0.15) is 13.8 Å². The van der Waals surface area contributed by atoms with E-state index in [-0.39, 0.29) is 25.3 Å². The molecule has 0 aromatic heterocycles. The van der Waals surface area contributed by atoms with Crippen LogP contribution in [-0.2, 0) is 14.3 Å². The number of ether oxygens (including phenoxy) is 2. The van der Waals surface area contributed by atoms with Crippen molar-refractivity contribution < 1.29 is 24.2 Å². The van der Waals surface area contributed by atoms with E-state index in [1.807, 2.05) is 13.8 Å². The van der Waals surface area contributed by atoms with Gasteiger partial charge in [0.15, 0.2) is 6.10 Å². The molecule has 0 saturated carbocycles. The van der Waals surface area contributed by atoms with Gasteiger partial charge in [-0.15, -0.1) is 0 Å². The SMILES string of the molecule is CC(C)OCCN(C)C(=O)N1CCOC(C(=O)O)C1. The van der Waals surface area contributed by atoms with Gasteiger partial charge >= 0.3 is 12.0 Å². The van der Waals surface area contributed by atoms with Crippen LogP contribution in [0, 0.1) is 0 Å². The second-order valence-electron chi connectivity index (χ2n) is 4.77. The molecule has 1 unspecified atom stereocenters. The van der Waals surface area contributed by atoms with Crippen molar-refractivity contribution in [1.29, 1.82) is 0 Å². The van der Waals surface area contributed by atoms with E-state index in [2.05, 4.69) is 0 Å². The molecular formula is C12H22N2O5. The van der Waals surface area contributed by atoms with Gasteiger partial charge in [0, 0.05) is 20.1 Å². The summed E-state index contributed by atoms with van der Waals surface area (Å²) in [5.74, 6) is -1.04. The number of rotatable bonds is 5. The Hall–Kier alpha value is -1.34. The maximum absolute atomic E-state index is 12.1. The fraction of sp³-hybridized carbons (Fsp3) is 0.833. The van der Waals surface area contributed by atoms with Crippen LogP contribution in [0.3, 0.4) is 0 Å². The molecule has 0 aromatic carbocycles. The largest absolute Gasteiger partial charge is 0.479 e. The fourth-order valence-corrected chi connectivity index (χ4v) is 1.73. The van der Waals surface area contributed by atoms with Crippen LogP contribution in [0.5, 0.6) is 0 Å². The number of nitrogens with zero attached hydrogens (tertiary/aromatic N) is 2. The second kappa shape index (κ2) is 7.30. The molecule has 19 heavy (non-hydrogen) atoms. The molecule has 2 amide bonds. The lowest BCUT2D eigenvalue weighted by Gasteiger charge is -2.33. The summed E-state index contributed by atoms with van der Waals surface area (Å²) < 4.78 is 10.5. The van der Waals surface area contributed by atoms with E-state index in [0.29, 0.717) is 19.7 Å². The number of likely N-dealkylation sites (N-methyl/N-ethyl adjacent to an activating group) is 1. The summed E-state index contributed by atoms with van der Waals surface area (Å²) in [5.41, 5.74) is 0. The van der Waals surface area contributed by atoms with E-state index in [1.165, 1.54) is 9.80 Å². The van der Waals surface area contributed by atoms with Crippen LogP contribution < -0.4 is 0 Å². The van der Waals surface area contributed by atoms with Gasteiger partial charge < -0.3 is 24.4 Å². The number of hydrogen-bond acceptors (Lipinski definition) is 4. The molecule has 110 valence electrons. The first-order chi connectivity index (χ1) is 8.91. The predicted molar refractivity (Wildman–Crippen MR) is 68.1 cm³/mol. The van der Waals surface area contributed by atoms with Gasteiger partial charge in [-0.1, -0.05) is 0 Å². The van der Waals surface area contributed by atoms with Gasteiger partial charge in [-0.2, -0.15) is 0 Å². The number of morpholine rings is 1. The molecule has 1 atom stereocenters. The number of amides is 2. The minimum absolute atomic E-state index is 0.0868. The molecule has 0 radical (unpaired) electrons. The van der Waals surface area contributed by atoms with Gasteiger partial charge in [0.1, 0.15) is 0 Å². The molecule has 1 aliphatic heterocycles. The molecule has 0 aliphatic carbocycles. The Kier molecular flexibility index (Phi) is 6.04. The zero-order valence-corrected chi connectivity index (χ0v) is 11.7. The Morgan fingerprint density at radius 1 is 1.53 bits per heavy atom. The molecule has 1 N–H and O–H groups in total. The first kappa shape index (κ1) is 15.7. The third-order valence-electron chi connectivity index (χ3n) is 2.82. The summed E-state index contributed by atoms with van der Waals surface area (Å²) in [7, 11) is 1.68. The number of hydrogen-bond donors (Lipinski definition) is 1. The van der Waals surface area contributed by atoms with E-state index < -0.39 is 12.1 Å². The molecule has 0 aromatic rings. The first-order valence-corrected chi connectivity index (χ1v) is 6.38. The molecule has 1 rings (SSSR count). The number of aliphatic carboxylic acids is 1. The molecule has 1 aliphatic rings. The number of carbonyl (C=O) groups is 2. The summed E-state index contributed by atoms with van der Waals surface area (Å²) >= 11 is 0. The minimum Gasteiger partial charge on any atom is -0.479 e. The van der Waals surface area contributed by atoms with E-state index in [1.54, 1.807) is 7.05 Å². The van der Waals surface area contributed by atoms with Crippen LogP contribution in [0.25, 0.3) is 0 Å². The summed E-state index contributed by atoms with van der Waals surface area (Å²) in [6.45, 7) is 5.56. The van der Waals surface area contributed by atoms with Gasteiger partial charge in [-0.25, -0.2) is 9.59 Å². The monoisotopic (exact) mass is 274 g/mol. The molecule has 1 heterocycles. The van der Waals surface area contributed by atoms with Crippen LogP contribution in [0.2, 0.25) is 0 Å². The molecule has 7 heteroatoms. The summed E-state index contributed by atoms with van der Waals surface area (Å²) in [5, 5.41) is 8.88. The van der Waals surface area contributed by atoms with Crippen molar-refractivity contribution in [1.82, 2.24) is 9.80 Å². The summed E-state index contributed by atoms with van der Waals surface area (Å²) in [6.07, 6.45) is -0.804. The molecular weight excluding hydrogens is 252 g/mol. The lowest BCUT2D eigenvalue weighted by Crippen LogP contribution is -2.52. The Balaban J connectivity index is 2.40. The molecule has 0 bridgehead atoms. The number of carbonyl (C=O) groups excluding carboxylic acids is 1.